The molecule has 106 valence electrons. The molecule has 1 aliphatic rings. The van der Waals surface area contributed by atoms with Crippen molar-refractivity contribution >= 4 is 11.6 Å². The maximum absolute atomic E-state index is 6.07. The van der Waals surface area contributed by atoms with Crippen LogP contribution in [-0.4, -0.2) is 6.04 Å². The van der Waals surface area contributed by atoms with Gasteiger partial charge in [-0.15, -0.1) is 0 Å². The summed E-state index contributed by atoms with van der Waals surface area (Å²) in [6.45, 7) is 3.23. The van der Waals surface area contributed by atoms with E-state index in [1.165, 1.54) is 12.8 Å². The molecule has 1 aliphatic carbocycles. The molecule has 3 nitrogen and oxygen atoms in total. The van der Waals surface area contributed by atoms with E-state index in [0.29, 0.717) is 23.4 Å². The van der Waals surface area contributed by atoms with E-state index in [4.69, 9.17) is 20.8 Å². The molecule has 1 N–H and O–H groups in total. The van der Waals surface area contributed by atoms with Gasteiger partial charge < -0.3 is 14.5 Å². The third-order valence-electron chi connectivity index (χ3n) is 3.43. The van der Waals surface area contributed by atoms with Crippen LogP contribution in [0.2, 0.25) is 5.02 Å². The van der Waals surface area contributed by atoms with Crippen molar-refractivity contribution in [2.24, 2.45) is 0 Å². The van der Waals surface area contributed by atoms with E-state index in [-0.39, 0.29) is 0 Å². The molecule has 1 fully saturated rings. The maximum atomic E-state index is 6.07. The molecule has 0 radical (unpaired) electrons. The second-order valence-electron chi connectivity index (χ2n) is 5.17. The van der Waals surface area contributed by atoms with Crippen molar-refractivity contribution in [2.75, 3.05) is 0 Å². The van der Waals surface area contributed by atoms with Crippen LogP contribution in [0.1, 0.15) is 29.9 Å². The molecule has 1 aromatic carbocycles. The van der Waals surface area contributed by atoms with Crippen LogP contribution in [0.25, 0.3) is 0 Å². The predicted octanol–water partition coefficient (Wildman–Crippen LogP) is 4.07. The van der Waals surface area contributed by atoms with E-state index in [2.05, 4.69) is 11.4 Å². The molecule has 20 heavy (non-hydrogen) atoms. The lowest BCUT2D eigenvalue weighted by molar-refractivity contribution is 0.303. The fourth-order valence-corrected chi connectivity index (χ4v) is 2.26. The summed E-state index contributed by atoms with van der Waals surface area (Å²) in [5, 5.41) is 4.07. The molecule has 0 bridgehead atoms. The van der Waals surface area contributed by atoms with E-state index in [9.17, 15) is 0 Å². The Morgan fingerprint density at radius 2 is 2.15 bits per heavy atom. The van der Waals surface area contributed by atoms with E-state index >= 15 is 0 Å². The summed E-state index contributed by atoms with van der Waals surface area (Å²) in [5.41, 5.74) is 1.07. The first-order valence-corrected chi connectivity index (χ1v) is 7.29. The molecule has 1 aromatic heterocycles. The van der Waals surface area contributed by atoms with Gasteiger partial charge in [-0.05, 0) is 38.0 Å². The van der Waals surface area contributed by atoms with Crippen molar-refractivity contribution in [3.63, 3.8) is 0 Å². The Hall–Kier alpha value is -1.45. The smallest absolute Gasteiger partial charge is 0.138 e. The number of hydrogen-bond donors (Lipinski definition) is 1. The Balaban J connectivity index is 1.60. The van der Waals surface area contributed by atoms with Crippen LogP contribution in [0.3, 0.4) is 0 Å². The molecule has 0 aliphatic heterocycles. The normalized spacial score (nSPS) is 14.5. The molecule has 0 saturated heterocycles. The lowest BCUT2D eigenvalue weighted by atomic mass is 10.2. The highest BCUT2D eigenvalue weighted by Crippen LogP contribution is 2.25. The van der Waals surface area contributed by atoms with Crippen molar-refractivity contribution in [2.45, 2.75) is 39.0 Å². The lowest BCUT2D eigenvalue weighted by Crippen LogP contribution is -2.14. The second-order valence-corrected chi connectivity index (χ2v) is 5.58. The molecule has 2 aromatic rings. The Morgan fingerprint density at radius 1 is 1.35 bits per heavy atom. The van der Waals surface area contributed by atoms with Crippen molar-refractivity contribution < 1.29 is 9.15 Å². The van der Waals surface area contributed by atoms with Gasteiger partial charge in [0, 0.05) is 11.6 Å². The Labute approximate surface area is 123 Å². The summed E-state index contributed by atoms with van der Waals surface area (Å²) in [5.74, 6) is 2.57. The third kappa shape index (κ3) is 3.35. The highest BCUT2D eigenvalue weighted by atomic mass is 35.5. The number of furan rings is 1. The van der Waals surface area contributed by atoms with Crippen LogP contribution in [0.15, 0.2) is 34.7 Å². The van der Waals surface area contributed by atoms with Gasteiger partial charge in [0.05, 0.1) is 11.6 Å². The largest absolute Gasteiger partial charge is 0.487 e. The van der Waals surface area contributed by atoms with Gasteiger partial charge in [-0.1, -0.05) is 23.7 Å². The number of benzene rings is 1. The number of ether oxygens (including phenoxy) is 1. The average Bonchev–Trinajstić information content (AvgIpc) is 3.20. The van der Waals surface area contributed by atoms with Gasteiger partial charge in [-0.3, -0.25) is 0 Å². The average molecular weight is 292 g/mol. The van der Waals surface area contributed by atoms with Crippen LogP contribution in [0.4, 0.5) is 0 Å². The number of hydrogen-bond acceptors (Lipinski definition) is 3. The Bertz CT molecular complexity index is 590. The molecule has 0 atom stereocenters. The van der Waals surface area contributed by atoms with Crippen LogP contribution >= 0.6 is 11.6 Å². The zero-order valence-electron chi connectivity index (χ0n) is 11.5. The monoisotopic (exact) mass is 291 g/mol. The van der Waals surface area contributed by atoms with Crippen LogP contribution in [0.5, 0.6) is 5.75 Å². The van der Waals surface area contributed by atoms with Crippen LogP contribution in [0, 0.1) is 6.92 Å². The Morgan fingerprint density at radius 3 is 2.90 bits per heavy atom. The first-order chi connectivity index (χ1) is 9.72. The van der Waals surface area contributed by atoms with Crippen molar-refractivity contribution in [1.29, 1.82) is 0 Å². The van der Waals surface area contributed by atoms with Crippen molar-refractivity contribution in [1.82, 2.24) is 5.32 Å². The summed E-state index contributed by atoms with van der Waals surface area (Å²) in [6, 6.07) is 10.2. The summed E-state index contributed by atoms with van der Waals surface area (Å²) in [7, 11) is 0. The van der Waals surface area contributed by atoms with E-state index in [0.717, 1.165) is 23.6 Å². The number of nitrogens with one attached hydrogen (secondary N) is 1. The summed E-state index contributed by atoms with van der Waals surface area (Å²) >= 11 is 6.07. The number of halogens is 1. The van der Waals surface area contributed by atoms with Crippen LogP contribution < -0.4 is 10.1 Å². The SMILES string of the molecule is Cc1oc(CNC2CC2)cc1COc1ccccc1Cl. The highest BCUT2D eigenvalue weighted by molar-refractivity contribution is 6.32. The molecular formula is C16H18ClNO2. The zero-order chi connectivity index (χ0) is 13.9. The van der Waals surface area contributed by atoms with E-state index < -0.39 is 0 Å². The second kappa shape index (κ2) is 5.90. The van der Waals surface area contributed by atoms with Gasteiger partial charge in [0.25, 0.3) is 0 Å². The summed E-state index contributed by atoms with van der Waals surface area (Å²) < 4.78 is 11.5. The number of aryl methyl sites for hydroxylation is 1. The lowest BCUT2D eigenvalue weighted by Gasteiger charge is -2.06. The number of para-hydroxylation sites is 1. The highest BCUT2D eigenvalue weighted by Gasteiger charge is 2.20. The minimum atomic E-state index is 0.475. The molecule has 0 spiro atoms. The zero-order valence-corrected chi connectivity index (χ0v) is 12.2. The molecular weight excluding hydrogens is 274 g/mol. The molecule has 0 unspecified atom stereocenters. The van der Waals surface area contributed by atoms with Crippen LogP contribution in [-0.2, 0) is 13.2 Å². The van der Waals surface area contributed by atoms with Crippen molar-refractivity contribution in [3.8, 4) is 5.75 Å². The summed E-state index contributed by atoms with van der Waals surface area (Å²) in [6.07, 6.45) is 2.56. The van der Waals surface area contributed by atoms with Crippen molar-refractivity contribution in [3.05, 3.63) is 52.4 Å². The molecule has 1 saturated carbocycles. The van der Waals surface area contributed by atoms with Gasteiger partial charge >= 0.3 is 0 Å². The molecule has 4 heteroatoms. The first-order valence-electron chi connectivity index (χ1n) is 6.91. The fourth-order valence-electron chi connectivity index (χ4n) is 2.07. The van der Waals surface area contributed by atoms with E-state index in [1.54, 1.807) is 0 Å². The summed E-state index contributed by atoms with van der Waals surface area (Å²) in [4.78, 5) is 0. The fraction of sp³-hybridized carbons (Fsp3) is 0.375. The quantitative estimate of drug-likeness (QED) is 0.871. The third-order valence-corrected chi connectivity index (χ3v) is 3.75. The van der Waals surface area contributed by atoms with Gasteiger partial charge in [0.15, 0.2) is 0 Å². The van der Waals surface area contributed by atoms with Gasteiger partial charge in [-0.25, -0.2) is 0 Å². The Kier molecular flexibility index (Phi) is 3.99. The molecule has 1 heterocycles. The van der Waals surface area contributed by atoms with Gasteiger partial charge in [0.2, 0.25) is 0 Å². The van der Waals surface area contributed by atoms with Gasteiger partial charge in [-0.2, -0.15) is 0 Å². The van der Waals surface area contributed by atoms with Gasteiger partial charge in [0.1, 0.15) is 23.9 Å². The van der Waals surface area contributed by atoms with E-state index in [1.807, 2.05) is 31.2 Å². The minimum Gasteiger partial charge on any atom is -0.487 e. The molecule has 3 rings (SSSR count). The topological polar surface area (TPSA) is 34.4 Å². The minimum absolute atomic E-state index is 0.475. The standard InChI is InChI=1S/C16H18ClNO2/c1-11-12(8-14(20-11)9-18-13-6-7-13)10-19-16-5-3-2-4-15(16)17/h2-5,8,13,18H,6-7,9-10H2,1H3. The molecule has 0 amide bonds. The first kappa shape index (κ1) is 13.5. The predicted molar refractivity (Wildman–Crippen MR) is 79.1 cm³/mol. The maximum Gasteiger partial charge on any atom is 0.138 e. The number of rotatable bonds is 6.